The molecule has 0 N–H and O–H groups in total. The quantitative estimate of drug-likeness (QED) is 0.815. The molecule has 0 unspecified atom stereocenters. The van der Waals surface area contributed by atoms with Gasteiger partial charge in [0.15, 0.2) is 0 Å². The summed E-state index contributed by atoms with van der Waals surface area (Å²) in [7, 11) is -3.23. The Morgan fingerprint density at radius 1 is 1.45 bits per heavy atom. The first-order valence-electron chi connectivity index (χ1n) is 7.67. The highest BCUT2D eigenvalue weighted by molar-refractivity contribution is 7.89. The Balaban J connectivity index is 1.77. The van der Waals surface area contributed by atoms with Crippen molar-refractivity contribution < 1.29 is 13.2 Å². The molecule has 2 atom stereocenters. The van der Waals surface area contributed by atoms with E-state index in [1.807, 2.05) is 5.38 Å². The largest absolute Gasteiger partial charge is 0.374 e. The predicted octanol–water partition coefficient (Wildman–Crippen LogP) is 1.01. The highest BCUT2D eigenvalue weighted by Crippen LogP contribution is 2.27. The first-order chi connectivity index (χ1) is 10.5. The van der Waals surface area contributed by atoms with Crippen LogP contribution in [-0.2, 0) is 21.3 Å². The summed E-state index contributed by atoms with van der Waals surface area (Å²) in [6, 6.07) is -0.0742. The minimum absolute atomic E-state index is 0.0315. The zero-order valence-electron chi connectivity index (χ0n) is 13.0. The van der Waals surface area contributed by atoms with Crippen molar-refractivity contribution in [1.82, 2.24) is 14.2 Å². The van der Waals surface area contributed by atoms with Gasteiger partial charge in [0.1, 0.15) is 5.01 Å². The number of thiazole rings is 1. The molecule has 3 heterocycles. The Labute approximate surface area is 136 Å². The van der Waals surface area contributed by atoms with Crippen LogP contribution in [0.25, 0.3) is 0 Å². The van der Waals surface area contributed by atoms with Gasteiger partial charge in [0, 0.05) is 31.2 Å². The maximum absolute atomic E-state index is 12.5. The van der Waals surface area contributed by atoms with Crippen molar-refractivity contribution >= 4 is 21.4 Å². The van der Waals surface area contributed by atoms with Crippen molar-refractivity contribution in [3.05, 3.63) is 16.6 Å². The molecule has 1 aromatic rings. The highest BCUT2D eigenvalue weighted by Gasteiger charge is 2.44. The lowest BCUT2D eigenvalue weighted by Crippen LogP contribution is -2.47. The molecule has 0 radical (unpaired) electrons. The van der Waals surface area contributed by atoms with E-state index in [0.717, 1.165) is 24.6 Å². The molecule has 2 aliphatic heterocycles. The monoisotopic (exact) mass is 345 g/mol. The van der Waals surface area contributed by atoms with E-state index in [0.29, 0.717) is 19.1 Å². The third-order valence-corrected chi connectivity index (χ3v) is 6.68. The van der Waals surface area contributed by atoms with Crippen LogP contribution in [0.1, 0.15) is 18.9 Å². The van der Waals surface area contributed by atoms with Crippen molar-refractivity contribution in [1.29, 1.82) is 0 Å². The molecule has 1 aromatic heterocycles. The standard InChI is InChI=1S/C14H23N3O3S2/c1-11(2)7-17-12-8-16(10-14-15-3-5-21-14)9-13(12)20-4-6-22(17,18)19/h3,5,11-13H,4,6-10H2,1-2H3/t12-,13+/m1/s1. The molecule has 0 bridgehead atoms. The minimum atomic E-state index is -3.23. The Morgan fingerprint density at radius 3 is 2.95 bits per heavy atom. The summed E-state index contributed by atoms with van der Waals surface area (Å²) in [4.78, 5) is 6.57. The fourth-order valence-corrected chi connectivity index (χ4v) is 5.50. The lowest BCUT2D eigenvalue weighted by Gasteiger charge is -2.29. The minimum Gasteiger partial charge on any atom is -0.374 e. The molecule has 8 heteroatoms. The van der Waals surface area contributed by atoms with E-state index in [-0.39, 0.29) is 17.9 Å². The Morgan fingerprint density at radius 2 is 2.27 bits per heavy atom. The summed E-state index contributed by atoms with van der Waals surface area (Å²) in [5, 5.41) is 3.03. The number of likely N-dealkylation sites (tertiary alicyclic amines) is 1. The molecule has 0 aliphatic carbocycles. The second-order valence-corrected chi connectivity index (χ2v) is 9.40. The van der Waals surface area contributed by atoms with Crippen LogP contribution >= 0.6 is 11.3 Å². The molecule has 0 amide bonds. The molecule has 0 spiro atoms. The van der Waals surface area contributed by atoms with Gasteiger partial charge in [0.2, 0.25) is 10.0 Å². The first-order valence-corrected chi connectivity index (χ1v) is 10.2. The maximum Gasteiger partial charge on any atom is 0.216 e. The van der Waals surface area contributed by atoms with Gasteiger partial charge in [-0.3, -0.25) is 4.90 Å². The summed E-state index contributed by atoms with van der Waals surface area (Å²) in [6.07, 6.45) is 1.77. The molecule has 124 valence electrons. The summed E-state index contributed by atoms with van der Waals surface area (Å²) >= 11 is 1.63. The average molecular weight is 345 g/mol. The number of aromatic nitrogens is 1. The number of hydrogen-bond donors (Lipinski definition) is 0. The lowest BCUT2D eigenvalue weighted by atomic mass is 10.1. The number of ether oxygens (including phenoxy) is 1. The van der Waals surface area contributed by atoms with E-state index in [4.69, 9.17) is 4.74 Å². The van der Waals surface area contributed by atoms with Crippen molar-refractivity contribution in [3.8, 4) is 0 Å². The van der Waals surface area contributed by atoms with E-state index in [2.05, 4.69) is 23.7 Å². The molecule has 2 saturated heterocycles. The average Bonchev–Trinajstić information content (AvgIpc) is 3.04. The maximum atomic E-state index is 12.5. The van der Waals surface area contributed by atoms with Crippen molar-refractivity contribution in [2.45, 2.75) is 32.5 Å². The fraction of sp³-hybridized carbons (Fsp3) is 0.786. The van der Waals surface area contributed by atoms with Gasteiger partial charge < -0.3 is 4.74 Å². The molecule has 2 fully saturated rings. The molecule has 0 aromatic carbocycles. The van der Waals surface area contributed by atoms with Crippen LogP contribution in [0.3, 0.4) is 0 Å². The number of nitrogens with zero attached hydrogens (tertiary/aromatic N) is 3. The second-order valence-electron chi connectivity index (χ2n) is 6.38. The third-order valence-electron chi connectivity index (χ3n) is 4.10. The molecular weight excluding hydrogens is 322 g/mol. The van der Waals surface area contributed by atoms with E-state index in [1.54, 1.807) is 21.8 Å². The topological polar surface area (TPSA) is 62.7 Å². The zero-order valence-corrected chi connectivity index (χ0v) is 14.6. The summed E-state index contributed by atoms with van der Waals surface area (Å²) < 4.78 is 32.6. The van der Waals surface area contributed by atoms with E-state index < -0.39 is 10.0 Å². The normalized spacial score (nSPS) is 29.6. The van der Waals surface area contributed by atoms with Gasteiger partial charge >= 0.3 is 0 Å². The first kappa shape index (κ1) is 16.3. The highest BCUT2D eigenvalue weighted by atomic mass is 32.2. The zero-order chi connectivity index (χ0) is 15.7. The van der Waals surface area contributed by atoms with Gasteiger partial charge in [0.25, 0.3) is 0 Å². The SMILES string of the molecule is CC(C)CN1[C@@H]2CN(Cc3nccs3)C[C@@H]2OCCS1(=O)=O. The van der Waals surface area contributed by atoms with Gasteiger partial charge in [-0.15, -0.1) is 11.3 Å². The molecule has 3 rings (SSSR count). The van der Waals surface area contributed by atoms with E-state index >= 15 is 0 Å². The molecule has 2 aliphatic rings. The lowest BCUT2D eigenvalue weighted by molar-refractivity contribution is 0.0454. The van der Waals surface area contributed by atoms with Crippen molar-refractivity contribution in [3.63, 3.8) is 0 Å². The number of rotatable bonds is 4. The summed E-state index contributed by atoms with van der Waals surface area (Å²) in [6.45, 7) is 7.23. The van der Waals surface area contributed by atoms with Gasteiger partial charge in [0.05, 0.1) is 31.1 Å². The van der Waals surface area contributed by atoms with Gasteiger partial charge in [-0.1, -0.05) is 13.8 Å². The van der Waals surface area contributed by atoms with Crippen molar-refractivity contribution in [2.24, 2.45) is 5.92 Å². The summed E-state index contributed by atoms with van der Waals surface area (Å²) in [5.74, 6) is 0.403. The number of fused-ring (bicyclic) bond motifs is 1. The molecule has 0 saturated carbocycles. The van der Waals surface area contributed by atoms with Gasteiger partial charge in [-0.05, 0) is 5.92 Å². The van der Waals surface area contributed by atoms with Crippen LogP contribution in [0.2, 0.25) is 0 Å². The van der Waals surface area contributed by atoms with Crippen molar-refractivity contribution in [2.75, 3.05) is 32.0 Å². The van der Waals surface area contributed by atoms with E-state index in [1.165, 1.54) is 0 Å². The van der Waals surface area contributed by atoms with Crippen LogP contribution in [0, 0.1) is 5.92 Å². The summed E-state index contributed by atoms with van der Waals surface area (Å²) in [5.41, 5.74) is 0. The third kappa shape index (κ3) is 3.51. The number of hydrogen-bond acceptors (Lipinski definition) is 6. The van der Waals surface area contributed by atoms with Crippen LogP contribution in [0.4, 0.5) is 0 Å². The second kappa shape index (κ2) is 6.52. The molecular formula is C14H23N3O3S2. The Kier molecular flexibility index (Phi) is 4.84. The Hall–Kier alpha value is -0.540. The van der Waals surface area contributed by atoms with Crippen LogP contribution < -0.4 is 0 Å². The Bertz CT molecular complexity index is 588. The van der Waals surface area contributed by atoms with Crippen LogP contribution in [-0.4, -0.2) is 66.7 Å². The van der Waals surface area contributed by atoms with Crippen LogP contribution in [0.15, 0.2) is 11.6 Å². The predicted molar refractivity (Wildman–Crippen MR) is 86.2 cm³/mol. The van der Waals surface area contributed by atoms with Crippen LogP contribution in [0.5, 0.6) is 0 Å². The van der Waals surface area contributed by atoms with E-state index in [9.17, 15) is 8.42 Å². The van der Waals surface area contributed by atoms with Gasteiger partial charge in [-0.2, -0.15) is 4.31 Å². The molecule has 6 nitrogen and oxygen atoms in total. The number of sulfonamides is 1. The van der Waals surface area contributed by atoms with Gasteiger partial charge in [-0.25, -0.2) is 13.4 Å². The fourth-order valence-electron chi connectivity index (χ4n) is 3.16. The smallest absolute Gasteiger partial charge is 0.216 e. The molecule has 22 heavy (non-hydrogen) atoms.